The van der Waals surface area contributed by atoms with E-state index in [-0.39, 0.29) is 17.9 Å². The molecular weight excluding hydrogens is 308 g/mol. The van der Waals surface area contributed by atoms with E-state index in [0.29, 0.717) is 6.42 Å². The molecular formula is C22H28N2O. The minimum absolute atomic E-state index is 0.177. The third kappa shape index (κ3) is 3.87. The van der Waals surface area contributed by atoms with E-state index in [4.69, 9.17) is 0 Å². The highest BCUT2D eigenvalue weighted by Gasteiger charge is 2.31. The monoisotopic (exact) mass is 336 g/mol. The van der Waals surface area contributed by atoms with Crippen molar-refractivity contribution in [3.63, 3.8) is 0 Å². The van der Waals surface area contributed by atoms with Gasteiger partial charge >= 0.3 is 0 Å². The minimum Gasteiger partial charge on any atom is -0.378 e. The van der Waals surface area contributed by atoms with Crippen LogP contribution in [0, 0.1) is 12.8 Å². The van der Waals surface area contributed by atoms with Crippen molar-refractivity contribution in [3.8, 4) is 0 Å². The van der Waals surface area contributed by atoms with E-state index >= 15 is 0 Å². The van der Waals surface area contributed by atoms with Gasteiger partial charge in [0, 0.05) is 25.2 Å². The van der Waals surface area contributed by atoms with Gasteiger partial charge in [-0.2, -0.15) is 0 Å². The number of carbonyl (C=O) groups is 1. The first-order chi connectivity index (χ1) is 12.1. The van der Waals surface area contributed by atoms with Crippen molar-refractivity contribution in [2.75, 3.05) is 18.4 Å². The first kappa shape index (κ1) is 17.5. The van der Waals surface area contributed by atoms with Crippen LogP contribution in [0.3, 0.4) is 0 Å². The summed E-state index contributed by atoms with van der Waals surface area (Å²) in [4.78, 5) is 14.7. The lowest BCUT2D eigenvalue weighted by Crippen LogP contribution is -2.36. The number of hydrogen-bond donors (Lipinski definition) is 1. The molecule has 2 atom stereocenters. The molecule has 0 saturated heterocycles. The van der Waals surface area contributed by atoms with Crippen molar-refractivity contribution in [1.29, 1.82) is 0 Å². The van der Waals surface area contributed by atoms with Crippen molar-refractivity contribution < 1.29 is 4.79 Å². The number of amides is 1. The number of anilines is 1. The second kappa shape index (κ2) is 7.73. The summed E-state index contributed by atoms with van der Waals surface area (Å²) in [7, 11) is 0. The molecule has 3 rings (SSSR count). The molecule has 2 aromatic rings. The number of nitrogens with zero attached hydrogens (tertiary/aromatic N) is 1. The maximum atomic E-state index is 12.7. The Labute approximate surface area is 151 Å². The van der Waals surface area contributed by atoms with Crippen LogP contribution in [0.25, 0.3) is 0 Å². The number of benzene rings is 2. The summed E-state index contributed by atoms with van der Waals surface area (Å²) in [5, 5.41) is 3.70. The summed E-state index contributed by atoms with van der Waals surface area (Å²) in [6, 6.07) is 17.2. The van der Waals surface area contributed by atoms with Gasteiger partial charge in [-0.25, -0.2) is 0 Å². The Hall–Kier alpha value is -2.29. The van der Waals surface area contributed by atoms with E-state index in [1.54, 1.807) is 0 Å². The summed E-state index contributed by atoms with van der Waals surface area (Å²) in [6.45, 7) is 7.78. The quantitative estimate of drug-likeness (QED) is 0.867. The Kier molecular flexibility index (Phi) is 5.42. The van der Waals surface area contributed by atoms with Gasteiger partial charge in [-0.1, -0.05) is 48.0 Å². The summed E-state index contributed by atoms with van der Waals surface area (Å²) >= 11 is 0. The van der Waals surface area contributed by atoms with Gasteiger partial charge in [0.1, 0.15) is 0 Å². The molecule has 0 unspecified atom stereocenters. The Bertz CT molecular complexity index is 722. The van der Waals surface area contributed by atoms with Crippen molar-refractivity contribution in [2.45, 2.75) is 39.7 Å². The van der Waals surface area contributed by atoms with Crippen LogP contribution >= 0.6 is 0 Å². The molecule has 25 heavy (non-hydrogen) atoms. The van der Waals surface area contributed by atoms with Crippen LogP contribution in [-0.2, 0) is 11.2 Å². The fraction of sp³-hybridized carbons (Fsp3) is 0.409. The molecule has 1 heterocycles. The third-order valence-corrected chi connectivity index (χ3v) is 5.24. The highest BCUT2D eigenvalue weighted by molar-refractivity contribution is 5.77. The van der Waals surface area contributed by atoms with E-state index in [0.717, 1.165) is 19.5 Å². The van der Waals surface area contributed by atoms with E-state index in [1.807, 2.05) is 24.8 Å². The molecule has 0 fully saturated rings. The molecule has 0 aliphatic carbocycles. The zero-order valence-electron chi connectivity index (χ0n) is 15.5. The molecule has 1 amide bonds. The predicted octanol–water partition coefficient (Wildman–Crippen LogP) is 4.58. The predicted molar refractivity (Wildman–Crippen MR) is 104 cm³/mol. The first-order valence-corrected chi connectivity index (χ1v) is 9.31. The number of nitrogens with one attached hydrogen (secondary N) is 1. The van der Waals surface area contributed by atoms with Crippen LogP contribution in [-0.4, -0.2) is 23.9 Å². The van der Waals surface area contributed by atoms with Crippen LogP contribution in [0.5, 0.6) is 0 Å². The molecule has 2 aromatic carbocycles. The molecule has 3 nitrogen and oxygen atoms in total. The summed E-state index contributed by atoms with van der Waals surface area (Å²) in [5.74, 6) is 0.527. The maximum absolute atomic E-state index is 12.7. The maximum Gasteiger partial charge on any atom is 0.222 e. The van der Waals surface area contributed by atoms with Gasteiger partial charge in [0.25, 0.3) is 0 Å². The number of fused-ring (bicyclic) bond motifs is 1. The van der Waals surface area contributed by atoms with Gasteiger partial charge in [0.05, 0.1) is 6.04 Å². The van der Waals surface area contributed by atoms with Crippen molar-refractivity contribution in [1.82, 2.24) is 4.90 Å². The van der Waals surface area contributed by atoms with Crippen molar-refractivity contribution in [3.05, 3.63) is 65.2 Å². The fourth-order valence-electron chi connectivity index (χ4n) is 3.85. The molecule has 0 radical (unpaired) electrons. The lowest BCUT2D eigenvalue weighted by molar-refractivity contribution is -0.132. The SMILES string of the molecule is CCN(CC)C(=O)C[C@H]1Cc2cc(C)ccc2N[C@H]1c1ccccc1. The molecule has 1 N–H and O–H groups in total. The zero-order valence-corrected chi connectivity index (χ0v) is 15.5. The molecule has 0 bridgehead atoms. The first-order valence-electron chi connectivity index (χ1n) is 9.31. The van der Waals surface area contributed by atoms with Gasteiger partial charge in [0.15, 0.2) is 0 Å². The van der Waals surface area contributed by atoms with Gasteiger partial charge < -0.3 is 10.2 Å². The van der Waals surface area contributed by atoms with Crippen LogP contribution in [0.1, 0.15) is 43.0 Å². The van der Waals surface area contributed by atoms with Gasteiger partial charge in [-0.15, -0.1) is 0 Å². The summed E-state index contributed by atoms with van der Waals surface area (Å²) in [6.07, 6.45) is 1.53. The number of rotatable bonds is 5. The Morgan fingerprint density at radius 2 is 1.84 bits per heavy atom. The highest BCUT2D eigenvalue weighted by Crippen LogP contribution is 2.39. The Morgan fingerprint density at radius 1 is 1.12 bits per heavy atom. The van der Waals surface area contributed by atoms with Crippen LogP contribution < -0.4 is 5.32 Å². The smallest absolute Gasteiger partial charge is 0.222 e. The molecule has 132 valence electrons. The average molecular weight is 336 g/mol. The molecule has 0 spiro atoms. The van der Waals surface area contributed by atoms with Crippen LogP contribution in [0.4, 0.5) is 5.69 Å². The largest absolute Gasteiger partial charge is 0.378 e. The topological polar surface area (TPSA) is 32.3 Å². The zero-order chi connectivity index (χ0) is 17.8. The van der Waals surface area contributed by atoms with Gasteiger partial charge in [-0.3, -0.25) is 4.79 Å². The minimum atomic E-state index is 0.177. The number of aryl methyl sites for hydroxylation is 1. The van der Waals surface area contributed by atoms with Gasteiger partial charge in [-0.05, 0) is 50.3 Å². The molecule has 1 aliphatic heterocycles. The highest BCUT2D eigenvalue weighted by atomic mass is 16.2. The number of hydrogen-bond acceptors (Lipinski definition) is 2. The standard InChI is InChI=1S/C22H28N2O/c1-4-24(5-2)21(25)15-19-14-18-13-16(3)11-12-20(18)23-22(19)17-9-7-6-8-10-17/h6-13,19,22-23H,4-5,14-15H2,1-3H3/t19-,22+/m1/s1. The fourth-order valence-corrected chi connectivity index (χ4v) is 3.85. The molecule has 3 heteroatoms. The lowest BCUT2D eigenvalue weighted by Gasteiger charge is -2.36. The number of carbonyl (C=O) groups excluding carboxylic acids is 1. The average Bonchev–Trinajstić information content (AvgIpc) is 2.63. The second-order valence-electron chi connectivity index (χ2n) is 6.93. The van der Waals surface area contributed by atoms with Crippen molar-refractivity contribution >= 4 is 11.6 Å². The lowest BCUT2D eigenvalue weighted by atomic mass is 9.81. The Morgan fingerprint density at radius 3 is 2.52 bits per heavy atom. The third-order valence-electron chi connectivity index (χ3n) is 5.24. The van der Waals surface area contributed by atoms with E-state index in [2.05, 4.69) is 54.7 Å². The molecule has 0 aromatic heterocycles. The molecule has 0 saturated carbocycles. The second-order valence-corrected chi connectivity index (χ2v) is 6.93. The van der Waals surface area contributed by atoms with Gasteiger partial charge in [0.2, 0.25) is 5.91 Å². The summed E-state index contributed by atoms with van der Waals surface area (Å²) < 4.78 is 0. The normalized spacial score (nSPS) is 19.0. The van der Waals surface area contributed by atoms with E-state index < -0.39 is 0 Å². The molecule has 1 aliphatic rings. The van der Waals surface area contributed by atoms with Crippen LogP contribution in [0.15, 0.2) is 48.5 Å². The van der Waals surface area contributed by atoms with Crippen LogP contribution in [0.2, 0.25) is 0 Å². The van der Waals surface area contributed by atoms with Crippen molar-refractivity contribution in [2.24, 2.45) is 5.92 Å². The van der Waals surface area contributed by atoms with E-state index in [9.17, 15) is 4.79 Å². The Balaban J connectivity index is 1.90. The van der Waals surface area contributed by atoms with E-state index in [1.165, 1.54) is 22.4 Å². The summed E-state index contributed by atoms with van der Waals surface area (Å²) in [5.41, 5.74) is 5.05.